The Morgan fingerprint density at radius 1 is 1.08 bits per heavy atom. The first-order valence-corrected chi connectivity index (χ1v) is 24.0. The number of carbonyl (C=O) groups excluding carboxylic acids is 3. The molecule has 13 nitrogen and oxygen atoms in total. The Morgan fingerprint density at radius 2 is 1.78 bits per heavy atom. The molecule has 2 saturated carbocycles. The standard InChI is InChI=1S/C47H57F3N6O7S2/c1-11-28-21-46(28,43(59)55-65(60,61)45(9)17-18-45)24-51-40(57)38-27(5)36(22-56(38)42(58)39(44(6,7)8)52-30-14-12-13-29(19-30)47(48,49)50)63-35-20-32(41-54-33(23-64-41)25(2)3)53-37-26(4)34(62-10)16-15-31(35)37/h11-16,19-20,23,25,27-28,36,38-39,52H,1,17-18,21-22,24H2,2-10H3,(H,51,57)(H,55,59). The van der Waals surface area contributed by atoms with Crippen molar-refractivity contribution in [3.63, 3.8) is 0 Å². The average Bonchev–Trinajstić information content (AvgIpc) is 4.07. The van der Waals surface area contributed by atoms with Crippen LogP contribution in [0.15, 0.2) is 60.5 Å². The summed E-state index contributed by atoms with van der Waals surface area (Å²) in [5, 5.41) is 9.23. The molecule has 3 amide bonds. The molecule has 3 fully saturated rings. The number of fused-ring (bicyclic) bond motifs is 1. The van der Waals surface area contributed by atoms with Gasteiger partial charge in [0, 0.05) is 40.5 Å². The number of nitrogens with zero attached hydrogens (tertiary/aromatic N) is 3. The Morgan fingerprint density at radius 3 is 2.37 bits per heavy atom. The van der Waals surface area contributed by atoms with Crippen molar-refractivity contribution >= 4 is 55.7 Å². The molecule has 6 atom stereocenters. The highest BCUT2D eigenvalue weighted by Crippen LogP contribution is 2.54. The van der Waals surface area contributed by atoms with Crippen molar-refractivity contribution in [2.45, 2.75) is 110 Å². The molecular formula is C47H57F3N6O7S2. The number of aryl methyl sites for hydroxylation is 1. The molecule has 1 saturated heterocycles. The van der Waals surface area contributed by atoms with Crippen molar-refractivity contribution in [3.05, 3.63) is 77.3 Å². The summed E-state index contributed by atoms with van der Waals surface area (Å²) in [6.07, 6.45) is -2.80. The van der Waals surface area contributed by atoms with Gasteiger partial charge in [0.1, 0.15) is 40.4 Å². The normalized spacial score (nSPS) is 23.2. The predicted molar refractivity (Wildman–Crippen MR) is 244 cm³/mol. The quantitative estimate of drug-likeness (QED) is 0.0988. The lowest BCUT2D eigenvalue weighted by Gasteiger charge is -2.36. The van der Waals surface area contributed by atoms with Gasteiger partial charge < -0.3 is 25.0 Å². The second-order valence-electron chi connectivity index (χ2n) is 19.3. The average molecular weight is 939 g/mol. The molecule has 350 valence electrons. The zero-order valence-electron chi connectivity index (χ0n) is 38.1. The number of nitrogens with one attached hydrogen (secondary N) is 3. The van der Waals surface area contributed by atoms with Gasteiger partial charge in [-0.05, 0) is 80.7 Å². The van der Waals surface area contributed by atoms with Crippen LogP contribution in [0.1, 0.15) is 90.5 Å². The third-order valence-electron chi connectivity index (χ3n) is 13.2. The lowest BCUT2D eigenvalue weighted by molar-refractivity contribution is -0.141. The summed E-state index contributed by atoms with van der Waals surface area (Å²) in [5.74, 6) is -1.83. The number of benzene rings is 2. The predicted octanol–water partition coefficient (Wildman–Crippen LogP) is 8.25. The minimum absolute atomic E-state index is 0.0608. The molecular weight excluding hydrogens is 882 g/mol. The number of carbonyl (C=O) groups is 3. The molecule has 3 N–H and O–H groups in total. The Kier molecular flexibility index (Phi) is 12.6. The smallest absolute Gasteiger partial charge is 0.416 e. The van der Waals surface area contributed by atoms with Crippen molar-refractivity contribution in [2.75, 3.05) is 25.5 Å². The molecule has 1 aliphatic heterocycles. The molecule has 0 bridgehead atoms. The number of hydrogen-bond acceptors (Lipinski definition) is 11. The Hall–Kier alpha value is -5.23. The van der Waals surface area contributed by atoms with Crippen LogP contribution in [0.2, 0.25) is 0 Å². The van der Waals surface area contributed by atoms with E-state index in [0.29, 0.717) is 45.9 Å². The van der Waals surface area contributed by atoms with E-state index >= 15 is 4.79 Å². The molecule has 18 heteroatoms. The van der Waals surface area contributed by atoms with Crippen LogP contribution in [0.5, 0.6) is 11.5 Å². The van der Waals surface area contributed by atoms with Gasteiger partial charge in [-0.2, -0.15) is 13.2 Å². The van der Waals surface area contributed by atoms with Crippen LogP contribution in [0.25, 0.3) is 21.6 Å². The Balaban J connectivity index is 1.25. The van der Waals surface area contributed by atoms with Crippen LogP contribution < -0.4 is 24.8 Å². The van der Waals surface area contributed by atoms with Gasteiger partial charge in [-0.1, -0.05) is 53.7 Å². The number of aromatic nitrogens is 2. The fourth-order valence-corrected chi connectivity index (χ4v) is 10.7. The fourth-order valence-electron chi connectivity index (χ4n) is 8.45. The molecule has 4 aromatic rings. The fraction of sp³-hybridized carbons (Fsp3) is 0.511. The molecule has 2 aromatic heterocycles. The highest BCUT2D eigenvalue weighted by atomic mass is 32.2. The second-order valence-corrected chi connectivity index (χ2v) is 22.4. The van der Waals surface area contributed by atoms with Crippen molar-refractivity contribution in [2.24, 2.45) is 22.7 Å². The summed E-state index contributed by atoms with van der Waals surface area (Å²) >= 11 is 1.44. The lowest BCUT2D eigenvalue weighted by atomic mass is 9.85. The first kappa shape index (κ1) is 47.7. The van der Waals surface area contributed by atoms with Gasteiger partial charge in [0.05, 0.1) is 40.6 Å². The number of anilines is 1. The topological polar surface area (TPSA) is 169 Å². The van der Waals surface area contributed by atoms with Crippen molar-refractivity contribution < 1.29 is 45.4 Å². The number of sulfonamides is 1. The van der Waals surface area contributed by atoms with Crippen LogP contribution in [-0.4, -0.2) is 84.1 Å². The van der Waals surface area contributed by atoms with Gasteiger partial charge in [-0.15, -0.1) is 17.9 Å². The first-order valence-electron chi connectivity index (χ1n) is 21.7. The van der Waals surface area contributed by atoms with E-state index in [9.17, 15) is 31.2 Å². The first-order chi connectivity index (χ1) is 30.3. The molecule has 7 rings (SSSR count). The molecule has 0 radical (unpaired) electrons. The van der Waals surface area contributed by atoms with E-state index < -0.39 is 85.1 Å². The number of likely N-dealkylation sites (tertiary alicyclic amines) is 1. The van der Waals surface area contributed by atoms with Crippen molar-refractivity contribution in [1.82, 2.24) is 24.9 Å². The number of amides is 3. The lowest BCUT2D eigenvalue weighted by Crippen LogP contribution is -2.56. The number of alkyl halides is 3. The minimum atomic E-state index is -4.63. The number of halogens is 3. The highest BCUT2D eigenvalue weighted by Gasteiger charge is 2.61. The third kappa shape index (κ3) is 9.29. The maximum atomic E-state index is 15.1. The zero-order chi connectivity index (χ0) is 47.6. The number of ether oxygens (including phenoxy) is 2. The molecule has 3 aliphatic rings. The largest absolute Gasteiger partial charge is 0.496 e. The van der Waals surface area contributed by atoms with Crippen LogP contribution in [0, 0.1) is 29.6 Å². The van der Waals surface area contributed by atoms with Crippen LogP contribution >= 0.6 is 11.3 Å². The number of thiazole rings is 1. The van der Waals surface area contributed by atoms with Gasteiger partial charge in [-0.25, -0.2) is 18.4 Å². The van der Waals surface area contributed by atoms with E-state index in [1.807, 2.05) is 32.2 Å². The van der Waals surface area contributed by atoms with Crippen LogP contribution in [-0.2, 0) is 30.6 Å². The molecule has 3 heterocycles. The third-order valence-corrected chi connectivity index (χ3v) is 16.3. The SMILES string of the molecule is C=CC1CC1(CNC(=O)C1C(C)C(Oc2cc(-c3nc(C(C)C)cs3)nc3c(C)c(OC)ccc23)CN1C(=O)C(Nc1cccc(C(F)(F)F)c1)C(C)(C)C)C(=O)NS(=O)(=O)C1(C)CC1. The summed E-state index contributed by atoms with van der Waals surface area (Å²) in [6.45, 7) is 18.1. The van der Waals surface area contributed by atoms with E-state index in [4.69, 9.17) is 19.4 Å². The van der Waals surface area contributed by atoms with Gasteiger partial charge >= 0.3 is 6.18 Å². The van der Waals surface area contributed by atoms with E-state index in [1.54, 1.807) is 59.9 Å². The number of pyridine rings is 1. The molecule has 2 aromatic carbocycles. The number of rotatable bonds is 15. The monoisotopic (exact) mass is 938 g/mol. The van der Waals surface area contributed by atoms with Crippen molar-refractivity contribution in [3.8, 4) is 22.2 Å². The van der Waals surface area contributed by atoms with Crippen LogP contribution in [0.3, 0.4) is 0 Å². The summed E-state index contributed by atoms with van der Waals surface area (Å²) in [7, 11) is -2.42. The molecule has 2 aliphatic carbocycles. The molecule has 65 heavy (non-hydrogen) atoms. The summed E-state index contributed by atoms with van der Waals surface area (Å²) in [6, 6.07) is 7.67. The molecule has 0 spiro atoms. The maximum Gasteiger partial charge on any atom is 0.416 e. The summed E-state index contributed by atoms with van der Waals surface area (Å²) < 4.78 is 81.4. The summed E-state index contributed by atoms with van der Waals surface area (Å²) in [4.78, 5) is 54.7. The number of methoxy groups -OCH3 is 1. The highest BCUT2D eigenvalue weighted by molar-refractivity contribution is 7.91. The Labute approximate surface area is 382 Å². The number of hydrogen-bond donors (Lipinski definition) is 3. The van der Waals surface area contributed by atoms with Crippen LogP contribution in [0.4, 0.5) is 18.9 Å². The maximum absolute atomic E-state index is 15.1. The van der Waals surface area contributed by atoms with Gasteiger partial charge in [0.15, 0.2) is 0 Å². The number of allylic oxidation sites excluding steroid dienone is 1. The summed E-state index contributed by atoms with van der Waals surface area (Å²) in [5.41, 5.74) is -0.201. The van der Waals surface area contributed by atoms with E-state index in [-0.39, 0.29) is 31.1 Å². The van der Waals surface area contributed by atoms with Crippen molar-refractivity contribution in [1.29, 1.82) is 0 Å². The second kappa shape index (κ2) is 17.2. The zero-order valence-corrected chi connectivity index (χ0v) is 39.7. The minimum Gasteiger partial charge on any atom is -0.496 e. The van der Waals surface area contributed by atoms with E-state index in [1.165, 1.54) is 28.4 Å². The molecule has 6 unspecified atom stereocenters. The Bertz CT molecular complexity index is 2640. The van der Waals surface area contributed by atoms with Gasteiger partial charge in [0.25, 0.3) is 0 Å². The van der Waals surface area contributed by atoms with E-state index in [2.05, 4.69) is 21.9 Å². The van der Waals surface area contributed by atoms with E-state index in [0.717, 1.165) is 23.4 Å². The van der Waals surface area contributed by atoms with Gasteiger partial charge in [-0.3, -0.25) is 19.1 Å². The van der Waals surface area contributed by atoms with Gasteiger partial charge in [0.2, 0.25) is 27.7 Å².